The Hall–Kier alpha value is -1.66. The summed E-state index contributed by atoms with van der Waals surface area (Å²) in [5.74, 6) is 2.14. The Bertz CT molecular complexity index is 463. The normalized spacial score (nSPS) is 16.2. The zero-order valence-electron chi connectivity index (χ0n) is 14.1. The molecule has 0 spiro atoms. The summed E-state index contributed by atoms with van der Waals surface area (Å²) >= 11 is 0. The van der Waals surface area contributed by atoms with Gasteiger partial charge in [0.05, 0.1) is 21.3 Å². The van der Waals surface area contributed by atoms with E-state index >= 15 is 0 Å². The van der Waals surface area contributed by atoms with Crippen molar-refractivity contribution in [2.75, 3.05) is 34.5 Å². The first-order chi connectivity index (χ1) is 11.2. The van der Waals surface area contributed by atoms with E-state index in [2.05, 4.69) is 5.32 Å². The van der Waals surface area contributed by atoms with Crippen molar-refractivity contribution < 1.29 is 24.1 Å². The predicted molar refractivity (Wildman–Crippen MR) is 87.9 cm³/mol. The van der Waals surface area contributed by atoms with Gasteiger partial charge >= 0.3 is 0 Å². The first-order valence-electron chi connectivity index (χ1n) is 8.02. The van der Waals surface area contributed by atoms with Gasteiger partial charge in [0.15, 0.2) is 11.5 Å². The first-order valence-corrected chi connectivity index (χ1v) is 8.02. The van der Waals surface area contributed by atoms with Gasteiger partial charge in [-0.25, -0.2) is 0 Å². The molecule has 6 nitrogen and oxygen atoms in total. The van der Waals surface area contributed by atoms with Gasteiger partial charge in [0.2, 0.25) is 5.75 Å². The lowest BCUT2D eigenvalue weighted by atomic mass is 10.2. The minimum atomic E-state index is -0.560. The van der Waals surface area contributed by atoms with Crippen molar-refractivity contribution in [3.8, 4) is 23.0 Å². The van der Waals surface area contributed by atoms with Crippen molar-refractivity contribution in [3.05, 3.63) is 12.1 Å². The summed E-state index contributed by atoms with van der Waals surface area (Å²) in [6, 6.07) is 3.97. The van der Waals surface area contributed by atoms with Gasteiger partial charge in [-0.1, -0.05) is 12.8 Å². The summed E-state index contributed by atoms with van der Waals surface area (Å²) in [4.78, 5) is 0. The predicted octanol–water partition coefficient (Wildman–Crippen LogP) is 1.98. The van der Waals surface area contributed by atoms with E-state index in [1.54, 1.807) is 33.5 Å². The molecule has 0 amide bonds. The first kappa shape index (κ1) is 17.7. The molecule has 0 aromatic heterocycles. The lowest BCUT2D eigenvalue weighted by molar-refractivity contribution is 0.103. The molecule has 23 heavy (non-hydrogen) atoms. The van der Waals surface area contributed by atoms with Crippen molar-refractivity contribution in [1.82, 2.24) is 5.32 Å². The molecule has 2 N–H and O–H groups in total. The summed E-state index contributed by atoms with van der Waals surface area (Å²) in [5.41, 5.74) is 0. The molecular weight excluding hydrogens is 298 g/mol. The maximum absolute atomic E-state index is 10.0. The van der Waals surface area contributed by atoms with Crippen LogP contribution in [0.4, 0.5) is 0 Å². The highest BCUT2D eigenvalue weighted by molar-refractivity contribution is 5.55. The van der Waals surface area contributed by atoms with Gasteiger partial charge in [-0.3, -0.25) is 0 Å². The second-order valence-electron chi connectivity index (χ2n) is 5.72. The molecule has 1 aliphatic rings. The Balaban J connectivity index is 1.88. The van der Waals surface area contributed by atoms with E-state index in [1.807, 2.05) is 0 Å². The molecular formula is C17H27NO5. The molecule has 6 heteroatoms. The highest BCUT2D eigenvalue weighted by atomic mass is 16.5. The molecule has 0 bridgehead atoms. The third-order valence-corrected chi connectivity index (χ3v) is 4.08. The summed E-state index contributed by atoms with van der Waals surface area (Å²) in [7, 11) is 4.67. The SMILES string of the molecule is COc1cc(OCC(O)CNC2CCCC2)cc(OC)c1OC. The molecule has 1 aromatic carbocycles. The molecule has 1 fully saturated rings. The maximum Gasteiger partial charge on any atom is 0.203 e. The molecule has 1 atom stereocenters. The fourth-order valence-corrected chi connectivity index (χ4v) is 2.82. The largest absolute Gasteiger partial charge is 0.493 e. The lowest BCUT2D eigenvalue weighted by Crippen LogP contribution is -2.36. The Morgan fingerprint density at radius 2 is 1.70 bits per heavy atom. The number of aliphatic hydroxyl groups excluding tert-OH is 1. The topological polar surface area (TPSA) is 69.2 Å². The van der Waals surface area contributed by atoms with Gasteiger partial charge in [-0.2, -0.15) is 0 Å². The monoisotopic (exact) mass is 325 g/mol. The fraction of sp³-hybridized carbons (Fsp3) is 0.647. The van der Waals surface area contributed by atoms with Gasteiger partial charge in [0.1, 0.15) is 18.5 Å². The molecule has 0 radical (unpaired) electrons. The van der Waals surface area contributed by atoms with Gasteiger partial charge in [0, 0.05) is 24.7 Å². The van der Waals surface area contributed by atoms with Crippen LogP contribution < -0.4 is 24.3 Å². The highest BCUT2D eigenvalue weighted by Gasteiger charge is 2.17. The van der Waals surface area contributed by atoms with E-state index in [4.69, 9.17) is 18.9 Å². The number of rotatable bonds is 9. The number of hydrogen-bond acceptors (Lipinski definition) is 6. The van der Waals surface area contributed by atoms with E-state index in [9.17, 15) is 5.11 Å². The number of benzene rings is 1. The number of nitrogens with one attached hydrogen (secondary N) is 1. The smallest absolute Gasteiger partial charge is 0.203 e. The van der Waals surface area contributed by atoms with E-state index < -0.39 is 6.10 Å². The molecule has 1 unspecified atom stereocenters. The van der Waals surface area contributed by atoms with Crippen LogP contribution in [0.1, 0.15) is 25.7 Å². The Labute approximate surface area is 137 Å². The van der Waals surface area contributed by atoms with E-state index in [0.717, 1.165) is 0 Å². The van der Waals surface area contributed by atoms with Crippen molar-refractivity contribution in [1.29, 1.82) is 0 Å². The zero-order valence-corrected chi connectivity index (χ0v) is 14.1. The zero-order chi connectivity index (χ0) is 16.7. The summed E-state index contributed by atoms with van der Waals surface area (Å²) < 4.78 is 21.5. The van der Waals surface area contributed by atoms with Crippen LogP contribution in [-0.4, -0.2) is 51.7 Å². The number of ether oxygens (including phenoxy) is 4. The summed E-state index contributed by atoms with van der Waals surface area (Å²) in [5, 5.41) is 13.4. The lowest BCUT2D eigenvalue weighted by Gasteiger charge is -2.18. The molecule has 0 aliphatic heterocycles. The summed E-state index contributed by atoms with van der Waals surface area (Å²) in [6.45, 7) is 0.744. The average molecular weight is 325 g/mol. The van der Waals surface area contributed by atoms with E-state index in [0.29, 0.717) is 35.6 Å². The van der Waals surface area contributed by atoms with Gasteiger partial charge in [-0.15, -0.1) is 0 Å². The van der Waals surface area contributed by atoms with Crippen molar-refractivity contribution in [3.63, 3.8) is 0 Å². The second-order valence-corrected chi connectivity index (χ2v) is 5.72. The quantitative estimate of drug-likeness (QED) is 0.724. The Morgan fingerprint density at radius 3 is 2.22 bits per heavy atom. The van der Waals surface area contributed by atoms with Crippen LogP contribution in [0.25, 0.3) is 0 Å². The highest BCUT2D eigenvalue weighted by Crippen LogP contribution is 2.40. The standard InChI is InChI=1S/C17H27NO5/c1-20-15-8-14(9-16(21-2)17(15)22-3)23-11-13(19)10-18-12-6-4-5-7-12/h8-9,12-13,18-19H,4-7,10-11H2,1-3H3. The fourth-order valence-electron chi connectivity index (χ4n) is 2.82. The third-order valence-electron chi connectivity index (χ3n) is 4.08. The van der Waals surface area contributed by atoms with E-state index in [1.165, 1.54) is 25.7 Å². The third kappa shape index (κ3) is 4.91. The van der Waals surface area contributed by atoms with Gasteiger partial charge in [-0.05, 0) is 12.8 Å². The second kappa shape index (κ2) is 8.84. The Kier molecular flexibility index (Phi) is 6.80. The van der Waals surface area contributed by atoms with Crippen LogP contribution in [0.2, 0.25) is 0 Å². The van der Waals surface area contributed by atoms with Crippen LogP contribution in [0.5, 0.6) is 23.0 Å². The van der Waals surface area contributed by atoms with Crippen LogP contribution in [0.15, 0.2) is 12.1 Å². The van der Waals surface area contributed by atoms with E-state index in [-0.39, 0.29) is 6.61 Å². The molecule has 130 valence electrons. The molecule has 1 aromatic rings. The van der Waals surface area contributed by atoms with Gasteiger partial charge < -0.3 is 29.4 Å². The van der Waals surface area contributed by atoms with Crippen molar-refractivity contribution in [2.24, 2.45) is 0 Å². The van der Waals surface area contributed by atoms with Crippen LogP contribution in [0, 0.1) is 0 Å². The number of aliphatic hydroxyl groups is 1. The molecule has 0 heterocycles. The van der Waals surface area contributed by atoms with Crippen molar-refractivity contribution >= 4 is 0 Å². The minimum absolute atomic E-state index is 0.207. The van der Waals surface area contributed by atoms with Crippen LogP contribution >= 0.6 is 0 Å². The minimum Gasteiger partial charge on any atom is -0.493 e. The summed E-state index contributed by atoms with van der Waals surface area (Å²) in [6.07, 6.45) is 4.38. The molecule has 0 saturated heterocycles. The molecule has 1 aliphatic carbocycles. The maximum atomic E-state index is 10.0. The Morgan fingerprint density at radius 1 is 1.09 bits per heavy atom. The average Bonchev–Trinajstić information content (AvgIpc) is 3.10. The van der Waals surface area contributed by atoms with Crippen molar-refractivity contribution in [2.45, 2.75) is 37.8 Å². The van der Waals surface area contributed by atoms with Gasteiger partial charge in [0.25, 0.3) is 0 Å². The number of hydrogen-bond donors (Lipinski definition) is 2. The molecule has 1 saturated carbocycles. The van der Waals surface area contributed by atoms with Crippen LogP contribution in [-0.2, 0) is 0 Å². The molecule has 2 rings (SSSR count). The van der Waals surface area contributed by atoms with Crippen LogP contribution in [0.3, 0.4) is 0 Å². The number of methoxy groups -OCH3 is 3.